The van der Waals surface area contributed by atoms with E-state index in [0.717, 1.165) is 23.1 Å². The van der Waals surface area contributed by atoms with Crippen LogP contribution in [0.5, 0.6) is 0 Å². The summed E-state index contributed by atoms with van der Waals surface area (Å²) >= 11 is 0. The number of hydrogen-bond donors (Lipinski definition) is 1. The summed E-state index contributed by atoms with van der Waals surface area (Å²) in [6.07, 6.45) is 2.97. The number of ether oxygens (including phenoxy) is 1. The SMILES string of the molecule is CO/C(O)=C(N=Cc1ccccc1)\C(=C1/CCc2ccccc2C1=O)c1ccccc1.O.P.[Cu]. The molecule has 0 saturated carbocycles. The first-order valence-electron chi connectivity index (χ1n) is 10.2. The normalized spacial score (nSPS) is 14.6. The number of ketones is 1. The maximum absolute atomic E-state index is 13.5. The minimum Gasteiger partial charge on any atom is -0.479 e. The van der Waals surface area contributed by atoms with Crippen molar-refractivity contribution in [2.24, 2.45) is 4.99 Å². The maximum atomic E-state index is 13.5. The average molecular weight is 525 g/mol. The molecule has 0 spiro atoms. The van der Waals surface area contributed by atoms with E-state index >= 15 is 0 Å². The van der Waals surface area contributed by atoms with E-state index in [2.05, 4.69) is 4.99 Å². The van der Waals surface area contributed by atoms with E-state index in [1.54, 1.807) is 6.21 Å². The number of carbonyl (C=O) groups is 1. The zero-order chi connectivity index (χ0) is 21.6. The number of fused-ring (bicyclic) bond motifs is 1. The van der Waals surface area contributed by atoms with Gasteiger partial charge in [-0.05, 0) is 29.5 Å². The fraction of sp³-hybridized carbons (Fsp3) is 0.111. The van der Waals surface area contributed by atoms with Crippen LogP contribution in [-0.4, -0.2) is 29.7 Å². The molecule has 1 aliphatic rings. The number of Topliss-reactive ketones (excluding diaryl/α,β-unsaturated/α-hetero) is 1. The van der Waals surface area contributed by atoms with Gasteiger partial charge in [-0.2, -0.15) is 9.90 Å². The van der Waals surface area contributed by atoms with Gasteiger partial charge in [0.05, 0.1) is 7.11 Å². The van der Waals surface area contributed by atoms with E-state index in [4.69, 9.17) is 4.74 Å². The van der Waals surface area contributed by atoms with Crippen LogP contribution in [0.4, 0.5) is 0 Å². The zero-order valence-electron chi connectivity index (χ0n) is 18.8. The van der Waals surface area contributed by atoms with E-state index in [-0.39, 0.29) is 49.9 Å². The number of methoxy groups -OCH3 is 1. The first-order chi connectivity index (χ1) is 15.2. The number of aliphatic hydroxyl groups excluding tert-OH is 1. The van der Waals surface area contributed by atoms with Gasteiger partial charge in [0.2, 0.25) is 0 Å². The van der Waals surface area contributed by atoms with Gasteiger partial charge in [0.15, 0.2) is 11.5 Å². The van der Waals surface area contributed by atoms with Crippen molar-refractivity contribution in [1.82, 2.24) is 0 Å². The molecule has 0 aliphatic heterocycles. The molecule has 5 nitrogen and oxygen atoms in total. The number of aliphatic imine (C=N–C) groups is 1. The number of carbonyl (C=O) groups excluding carboxylic acids is 1. The van der Waals surface area contributed by atoms with Crippen LogP contribution in [0.15, 0.2) is 107 Å². The Morgan fingerprint density at radius 2 is 1.50 bits per heavy atom. The summed E-state index contributed by atoms with van der Waals surface area (Å²) in [5.41, 5.74) is 4.86. The van der Waals surface area contributed by atoms with E-state index in [9.17, 15) is 9.90 Å². The molecular formula is C27H28CuNO4P. The van der Waals surface area contributed by atoms with Crippen LogP contribution in [0, 0.1) is 0 Å². The van der Waals surface area contributed by atoms with Gasteiger partial charge in [0.25, 0.3) is 0 Å². The minimum absolute atomic E-state index is 0. The Morgan fingerprint density at radius 1 is 0.912 bits per heavy atom. The largest absolute Gasteiger partial charge is 0.479 e. The number of hydrogen-bond acceptors (Lipinski definition) is 4. The molecule has 181 valence electrons. The van der Waals surface area contributed by atoms with Crippen molar-refractivity contribution in [2.45, 2.75) is 12.8 Å². The summed E-state index contributed by atoms with van der Waals surface area (Å²) in [6.45, 7) is 0. The molecule has 1 unspecified atom stereocenters. The van der Waals surface area contributed by atoms with Crippen molar-refractivity contribution in [2.75, 3.05) is 7.11 Å². The third kappa shape index (κ3) is 6.31. The van der Waals surface area contributed by atoms with Crippen molar-refractivity contribution in [1.29, 1.82) is 0 Å². The number of benzene rings is 3. The van der Waals surface area contributed by atoms with E-state index in [0.29, 0.717) is 23.1 Å². The second-order valence-electron chi connectivity index (χ2n) is 7.23. The number of allylic oxidation sites excluding steroid dienone is 2. The molecule has 0 amide bonds. The Balaban J connectivity index is 0.00000193. The second kappa shape index (κ2) is 13.6. The Kier molecular flexibility index (Phi) is 11.6. The molecule has 0 heterocycles. The fourth-order valence-electron chi connectivity index (χ4n) is 3.79. The summed E-state index contributed by atoms with van der Waals surface area (Å²) in [5, 5.41) is 10.6. The van der Waals surface area contributed by atoms with Crippen molar-refractivity contribution in [3.8, 4) is 0 Å². The predicted molar refractivity (Wildman–Crippen MR) is 138 cm³/mol. The first kappa shape index (κ1) is 29.0. The standard InChI is InChI=1S/C27H23NO3.Cu.H2O.H3P/c1-31-27(30)25(28-18-19-10-4-2-5-11-19)24(21-13-6-3-7-14-21)23-17-16-20-12-8-9-15-22(20)26(23)29;;;/h2-15,18,30H,16-17H2,1H3;;1H2;1H3/b24-23+,27-25+,28-18?;;;. The molecule has 0 aromatic heterocycles. The molecule has 1 radical (unpaired) electrons. The molecular weight excluding hydrogens is 497 g/mol. The van der Waals surface area contributed by atoms with Gasteiger partial charge in [-0.3, -0.25) is 4.79 Å². The molecule has 4 rings (SSSR count). The van der Waals surface area contributed by atoms with Gasteiger partial charge < -0.3 is 15.3 Å². The molecule has 34 heavy (non-hydrogen) atoms. The Labute approximate surface area is 213 Å². The monoisotopic (exact) mass is 524 g/mol. The summed E-state index contributed by atoms with van der Waals surface area (Å²) in [6, 6.07) is 26.8. The predicted octanol–water partition coefficient (Wildman–Crippen LogP) is 4.99. The van der Waals surface area contributed by atoms with Gasteiger partial charge in [-0.1, -0.05) is 84.9 Å². The zero-order valence-corrected chi connectivity index (χ0v) is 21.1. The van der Waals surface area contributed by atoms with E-state index < -0.39 is 0 Å². The van der Waals surface area contributed by atoms with Crippen LogP contribution in [0.2, 0.25) is 0 Å². The van der Waals surface area contributed by atoms with Crippen molar-refractivity contribution in [3.05, 3.63) is 124 Å². The molecule has 7 heteroatoms. The van der Waals surface area contributed by atoms with Crippen LogP contribution >= 0.6 is 9.90 Å². The first-order valence-corrected chi connectivity index (χ1v) is 10.2. The van der Waals surface area contributed by atoms with Gasteiger partial charge >= 0.3 is 5.95 Å². The average Bonchev–Trinajstić information content (AvgIpc) is 2.83. The Hall–Kier alpha value is -3.01. The summed E-state index contributed by atoms with van der Waals surface area (Å²) in [7, 11) is 1.39. The Bertz CT molecular complexity index is 1190. The number of rotatable bonds is 5. The fourth-order valence-corrected chi connectivity index (χ4v) is 3.79. The Morgan fingerprint density at radius 3 is 2.15 bits per heavy atom. The molecule has 1 aliphatic carbocycles. The summed E-state index contributed by atoms with van der Waals surface area (Å²) in [5.74, 6) is -0.373. The maximum Gasteiger partial charge on any atom is 0.304 e. The van der Waals surface area contributed by atoms with Crippen LogP contribution in [-0.2, 0) is 28.2 Å². The smallest absolute Gasteiger partial charge is 0.304 e. The van der Waals surface area contributed by atoms with Gasteiger partial charge in [0.1, 0.15) is 0 Å². The molecule has 3 aromatic carbocycles. The third-order valence-corrected chi connectivity index (χ3v) is 5.32. The number of aliphatic hydroxyl groups is 1. The molecule has 0 bridgehead atoms. The van der Waals surface area contributed by atoms with Crippen molar-refractivity contribution >= 4 is 27.5 Å². The number of nitrogens with zero attached hydrogens (tertiary/aromatic N) is 1. The van der Waals surface area contributed by atoms with Crippen LogP contribution in [0.3, 0.4) is 0 Å². The summed E-state index contributed by atoms with van der Waals surface area (Å²) < 4.78 is 5.17. The van der Waals surface area contributed by atoms with Crippen molar-refractivity contribution < 1.29 is 37.2 Å². The molecule has 3 N–H and O–H groups in total. The van der Waals surface area contributed by atoms with Crippen LogP contribution < -0.4 is 0 Å². The number of aryl methyl sites for hydroxylation is 1. The summed E-state index contributed by atoms with van der Waals surface area (Å²) in [4.78, 5) is 18.0. The topological polar surface area (TPSA) is 90.4 Å². The molecule has 3 aromatic rings. The van der Waals surface area contributed by atoms with Crippen LogP contribution in [0.1, 0.15) is 33.5 Å². The minimum atomic E-state index is -0.329. The molecule has 0 saturated heterocycles. The van der Waals surface area contributed by atoms with Gasteiger partial charge in [0, 0.05) is 40.0 Å². The van der Waals surface area contributed by atoms with Gasteiger partial charge in [-0.25, -0.2) is 4.99 Å². The van der Waals surface area contributed by atoms with E-state index in [1.165, 1.54) is 7.11 Å². The van der Waals surface area contributed by atoms with Crippen molar-refractivity contribution in [3.63, 3.8) is 0 Å². The quantitative estimate of drug-likeness (QED) is 0.167. The van der Waals surface area contributed by atoms with Crippen LogP contribution in [0.25, 0.3) is 5.57 Å². The molecule has 1 atom stereocenters. The second-order valence-corrected chi connectivity index (χ2v) is 7.23. The van der Waals surface area contributed by atoms with Gasteiger partial charge in [-0.15, -0.1) is 0 Å². The van der Waals surface area contributed by atoms with E-state index in [1.807, 2.05) is 84.9 Å². The third-order valence-electron chi connectivity index (χ3n) is 5.32. The molecule has 0 fully saturated rings.